The zero-order valence-corrected chi connectivity index (χ0v) is 18.0. The molecule has 0 saturated carbocycles. The van der Waals surface area contributed by atoms with Crippen LogP contribution in [0.5, 0.6) is 0 Å². The molecule has 2 aromatic carbocycles. The number of rotatable bonds is 3. The highest BCUT2D eigenvalue weighted by molar-refractivity contribution is 6.30. The summed E-state index contributed by atoms with van der Waals surface area (Å²) in [6.07, 6.45) is 1.27. The zero-order chi connectivity index (χ0) is 20.7. The van der Waals surface area contributed by atoms with Crippen molar-refractivity contribution in [2.24, 2.45) is 11.8 Å². The molecule has 5 rings (SSSR count). The van der Waals surface area contributed by atoms with Gasteiger partial charge in [0.05, 0.1) is 11.4 Å². The molecule has 4 nitrogen and oxygen atoms in total. The largest absolute Gasteiger partial charge is 0.356 e. The second-order valence-corrected chi connectivity index (χ2v) is 8.96. The molecule has 152 valence electrons. The lowest BCUT2D eigenvalue weighted by Gasteiger charge is -2.36. The summed E-state index contributed by atoms with van der Waals surface area (Å²) in [4.78, 5) is 7.42. The highest BCUT2D eigenvalue weighted by atomic mass is 35.5. The van der Waals surface area contributed by atoms with Crippen LogP contribution in [0, 0.1) is 11.8 Å². The van der Waals surface area contributed by atoms with Crippen molar-refractivity contribution in [1.29, 1.82) is 0 Å². The average molecular weight is 417 g/mol. The molecule has 2 aromatic heterocycles. The van der Waals surface area contributed by atoms with Gasteiger partial charge in [-0.2, -0.15) is 9.61 Å². The lowest BCUT2D eigenvalue weighted by atomic mass is 9.92. The quantitative estimate of drug-likeness (QED) is 0.398. The first kappa shape index (κ1) is 19.1. The van der Waals surface area contributed by atoms with Crippen LogP contribution in [0.15, 0.2) is 66.7 Å². The summed E-state index contributed by atoms with van der Waals surface area (Å²) in [5, 5.41) is 5.67. The Labute approximate surface area is 182 Å². The molecule has 1 aliphatic heterocycles. The minimum absolute atomic E-state index is 0.656. The molecular weight excluding hydrogens is 392 g/mol. The van der Waals surface area contributed by atoms with Gasteiger partial charge in [-0.25, -0.2) is 4.98 Å². The van der Waals surface area contributed by atoms with Gasteiger partial charge in [-0.15, -0.1) is 0 Å². The SMILES string of the molecule is C[C@@H]1C[C@@H](C)CN(c2cc(-c3ccccc3)nc3cc(-c4ccc(Cl)cc4)nn23)C1. The minimum Gasteiger partial charge on any atom is -0.356 e. The summed E-state index contributed by atoms with van der Waals surface area (Å²) in [7, 11) is 0. The van der Waals surface area contributed by atoms with Crippen molar-refractivity contribution in [3.63, 3.8) is 0 Å². The van der Waals surface area contributed by atoms with Gasteiger partial charge in [0.1, 0.15) is 5.82 Å². The summed E-state index contributed by atoms with van der Waals surface area (Å²) in [5.74, 6) is 2.42. The molecule has 3 heterocycles. The molecule has 0 amide bonds. The molecule has 2 atom stereocenters. The smallest absolute Gasteiger partial charge is 0.158 e. The Bertz CT molecular complexity index is 1160. The molecule has 0 bridgehead atoms. The molecule has 1 aliphatic rings. The van der Waals surface area contributed by atoms with E-state index < -0.39 is 0 Å². The van der Waals surface area contributed by atoms with Gasteiger partial charge in [-0.1, -0.05) is 67.9 Å². The van der Waals surface area contributed by atoms with Crippen LogP contribution in [0.3, 0.4) is 0 Å². The van der Waals surface area contributed by atoms with Crippen LogP contribution >= 0.6 is 11.6 Å². The fraction of sp³-hybridized carbons (Fsp3) is 0.280. The third kappa shape index (κ3) is 3.68. The van der Waals surface area contributed by atoms with Crippen molar-refractivity contribution in [3.05, 3.63) is 71.8 Å². The number of halogens is 1. The topological polar surface area (TPSA) is 33.4 Å². The third-order valence-electron chi connectivity index (χ3n) is 5.81. The molecule has 4 aromatic rings. The van der Waals surface area contributed by atoms with E-state index in [2.05, 4.69) is 55.1 Å². The van der Waals surface area contributed by atoms with Crippen LogP contribution in [0.1, 0.15) is 20.3 Å². The summed E-state index contributed by atoms with van der Waals surface area (Å²) >= 11 is 6.08. The van der Waals surface area contributed by atoms with Crippen LogP contribution in [0.25, 0.3) is 28.2 Å². The maximum absolute atomic E-state index is 6.08. The predicted molar refractivity (Wildman–Crippen MR) is 124 cm³/mol. The Morgan fingerprint density at radius 2 is 1.50 bits per heavy atom. The molecule has 5 heteroatoms. The van der Waals surface area contributed by atoms with Crippen LogP contribution in [0.4, 0.5) is 5.82 Å². The number of hydrogen-bond acceptors (Lipinski definition) is 3. The van der Waals surface area contributed by atoms with Gasteiger partial charge in [-0.05, 0) is 30.4 Å². The van der Waals surface area contributed by atoms with E-state index in [1.165, 1.54) is 6.42 Å². The fourth-order valence-corrected chi connectivity index (χ4v) is 4.68. The van der Waals surface area contributed by atoms with Crippen molar-refractivity contribution < 1.29 is 0 Å². The molecule has 0 aliphatic carbocycles. The Morgan fingerprint density at radius 3 is 2.20 bits per heavy atom. The minimum atomic E-state index is 0.656. The van der Waals surface area contributed by atoms with Crippen molar-refractivity contribution in [2.75, 3.05) is 18.0 Å². The summed E-state index contributed by atoms with van der Waals surface area (Å²) in [6.45, 7) is 6.74. The molecule has 0 spiro atoms. The Balaban J connectivity index is 1.67. The van der Waals surface area contributed by atoms with Gasteiger partial charge in [0.25, 0.3) is 0 Å². The first-order valence-corrected chi connectivity index (χ1v) is 10.9. The Kier molecular flexibility index (Phi) is 4.95. The lowest BCUT2D eigenvalue weighted by Crippen LogP contribution is -2.39. The van der Waals surface area contributed by atoms with Crippen LogP contribution in [0.2, 0.25) is 5.02 Å². The van der Waals surface area contributed by atoms with Gasteiger partial charge in [0.15, 0.2) is 5.65 Å². The number of fused-ring (bicyclic) bond motifs is 1. The summed E-state index contributed by atoms with van der Waals surface area (Å²) < 4.78 is 2.00. The van der Waals surface area contributed by atoms with Gasteiger partial charge < -0.3 is 4.90 Å². The monoisotopic (exact) mass is 416 g/mol. The molecule has 0 unspecified atom stereocenters. The van der Waals surface area contributed by atoms with Crippen molar-refractivity contribution >= 4 is 23.1 Å². The zero-order valence-electron chi connectivity index (χ0n) is 17.3. The van der Waals surface area contributed by atoms with Crippen molar-refractivity contribution in [1.82, 2.24) is 14.6 Å². The van der Waals surface area contributed by atoms with Gasteiger partial charge in [0, 0.05) is 41.4 Å². The van der Waals surface area contributed by atoms with Crippen molar-refractivity contribution in [3.8, 4) is 22.5 Å². The maximum Gasteiger partial charge on any atom is 0.158 e. The van der Waals surface area contributed by atoms with Gasteiger partial charge in [0.2, 0.25) is 0 Å². The van der Waals surface area contributed by atoms with E-state index >= 15 is 0 Å². The number of aromatic nitrogens is 3. The number of anilines is 1. The van der Waals surface area contributed by atoms with E-state index in [-0.39, 0.29) is 0 Å². The number of piperidine rings is 1. The molecule has 1 saturated heterocycles. The second-order valence-electron chi connectivity index (χ2n) is 8.52. The highest BCUT2D eigenvalue weighted by Crippen LogP contribution is 2.31. The normalized spacial score (nSPS) is 19.4. The van der Waals surface area contributed by atoms with Crippen LogP contribution in [-0.2, 0) is 0 Å². The van der Waals surface area contributed by atoms with Gasteiger partial charge in [-0.3, -0.25) is 0 Å². The number of nitrogens with zero attached hydrogens (tertiary/aromatic N) is 4. The Morgan fingerprint density at radius 1 is 0.833 bits per heavy atom. The predicted octanol–water partition coefficient (Wildman–Crippen LogP) is 6.20. The summed E-state index contributed by atoms with van der Waals surface area (Å²) in [6, 6.07) is 22.4. The third-order valence-corrected chi connectivity index (χ3v) is 6.06. The second kappa shape index (κ2) is 7.77. The van der Waals surface area contributed by atoms with E-state index in [0.717, 1.165) is 52.1 Å². The first-order valence-electron chi connectivity index (χ1n) is 10.5. The molecule has 1 fully saturated rings. The van der Waals surface area contributed by atoms with E-state index in [9.17, 15) is 0 Å². The first-order chi connectivity index (χ1) is 14.6. The van der Waals surface area contributed by atoms with Crippen LogP contribution in [-0.4, -0.2) is 27.7 Å². The fourth-order valence-electron chi connectivity index (χ4n) is 4.55. The molecule has 30 heavy (non-hydrogen) atoms. The molecule has 0 radical (unpaired) electrons. The molecular formula is C25H25ClN4. The maximum atomic E-state index is 6.08. The van der Waals surface area contributed by atoms with Crippen LogP contribution < -0.4 is 4.90 Å². The van der Waals surface area contributed by atoms with E-state index in [4.69, 9.17) is 21.7 Å². The average Bonchev–Trinajstić information content (AvgIpc) is 3.17. The lowest BCUT2D eigenvalue weighted by molar-refractivity contribution is 0.354. The molecule has 0 N–H and O–H groups in total. The van der Waals surface area contributed by atoms with Crippen molar-refractivity contribution in [2.45, 2.75) is 20.3 Å². The summed E-state index contributed by atoms with van der Waals surface area (Å²) in [5.41, 5.74) is 4.91. The number of hydrogen-bond donors (Lipinski definition) is 0. The highest BCUT2D eigenvalue weighted by Gasteiger charge is 2.25. The van der Waals surface area contributed by atoms with E-state index in [0.29, 0.717) is 11.8 Å². The Hall–Kier alpha value is -2.85. The number of benzene rings is 2. The standard InChI is InChI=1S/C25H25ClN4/c1-17-12-18(2)16-29(15-17)25-14-22(19-6-4-3-5-7-19)27-24-13-23(28-30(24)25)20-8-10-21(26)11-9-20/h3-11,13-14,17-18H,12,15-16H2,1-2H3/t17-,18-/m1/s1. The van der Waals surface area contributed by atoms with E-state index in [1.807, 2.05) is 34.8 Å². The van der Waals surface area contributed by atoms with E-state index in [1.54, 1.807) is 0 Å². The van der Waals surface area contributed by atoms with Gasteiger partial charge >= 0.3 is 0 Å².